The molecule has 0 radical (unpaired) electrons. The van der Waals surface area contributed by atoms with Gasteiger partial charge in [-0.2, -0.15) is 0 Å². The maximum Gasteiger partial charge on any atom is 0.175 e. The van der Waals surface area contributed by atoms with E-state index in [1.165, 1.54) is 50.5 Å². The quantitative estimate of drug-likeness (QED) is 0.454. The van der Waals surface area contributed by atoms with Gasteiger partial charge < -0.3 is 0 Å². The Morgan fingerprint density at radius 2 is 1.50 bits per heavy atom. The molecule has 28 heavy (non-hydrogen) atoms. The third-order valence-corrected chi connectivity index (χ3v) is 6.11. The van der Waals surface area contributed by atoms with Crippen LogP contribution in [0.1, 0.15) is 69.9 Å². The molecule has 1 aliphatic carbocycles. The van der Waals surface area contributed by atoms with Crippen LogP contribution in [0.5, 0.6) is 0 Å². The van der Waals surface area contributed by atoms with Gasteiger partial charge in [-0.05, 0) is 54.9 Å². The van der Waals surface area contributed by atoms with Crippen molar-refractivity contribution in [3.8, 4) is 23.0 Å². The molecule has 0 N–H and O–H groups in total. The van der Waals surface area contributed by atoms with E-state index < -0.39 is 11.6 Å². The van der Waals surface area contributed by atoms with Gasteiger partial charge in [-0.25, -0.2) is 8.78 Å². The van der Waals surface area contributed by atoms with Gasteiger partial charge in [0.25, 0.3) is 0 Å². The summed E-state index contributed by atoms with van der Waals surface area (Å²) in [6.07, 6.45) is 10.5. The van der Waals surface area contributed by atoms with E-state index in [9.17, 15) is 8.78 Å². The van der Waals surface area contributed by atoms with Crippen molar-refractivity contribution in [1.82, 2.24) is 0 Å². The minimum atomic E-state index is -0.866. The molecular formula is C26H30F2. The standard InChI is InChI=1S/C26H30F2/c1-3-5-19-7-9-20(10-8-19)11-12-21-13-15-22(16-14-21)24-18-17-23(6-4-2)25(27)26(24)28/h13-20H,3,5,7-12H2,1-2H3. The van der Waals surface area contributed by atoms with E-state index in [2.05, 4.69) is 30.9 Å². The van der Waals surface area contributed by atoms with Crippen molar-refractivity contribution in [3.05, 3.63) is 59.2 Å². The van der Waals surface area contributed by atoms with Gasteiger partial charge in [-0.1, -0.05) is 75.6 Å². The monoisotopic (exact) mass is 380 g/mol. The average Bonchev–Trinajstić information content (AvgIpc) is 2.72. The zero-order chi connectivity index (χ0) is 19.9. The molecule has 1 saturated carbocycles. The van der Waals surface area contributed by atoms with Gasteiger partial charge in [-0.3, -0.25) is 0 Å². The van der Waals surface area contributed by atoms with Crippen LogP contribution >= 0.6 is 0 Å². The van der Waals surface area contributed by atoms with E-state index >= 15 is 0 Å². The van der Waals surface area contributed by atoms with Crippen molar-refractivity contribution in [2.45, 2.75) is 65.2 Å². The minimum absolute atomic E-state index is 0.106. The second kappa shape index (κ2) is 9.87. The lowest BCUT2D eigenvalue weighted by Crippen LogP contribution is -2.15. The Bertz CT molecular complexity index is 831. The second-order valence-electron chi connectivity index (χ2n) is 8.07. The smallest absolute Gasteiger partial charge is 0.175 e. The van der Waals surface area contributed by atoms with Crippen LogP contribution in [0.4, 0.5) is 8.78 Å². The van der Waals surface area contributed by atoms with Gasteiger partial charge >= 0.3 is 0 Å². The summed E-state index contributed by atoms with van der Waals surface area (Å²) in [5, 5.41) is 0. The Labute approximate surface area is 168 Å². The largest absolute Gasteiger partial charge is 0.203 e. The molecule has 0 bridgehead atoms. The van der Waals surface area contributed by atoms with Gasteiger partial charge in [0.2, 0.25) is 0 Å². The van der Waals surface area contributed by atoms with Crippen molar-refractivity contribution < 1.29 is 8.78 Å². The third-order valence-electron chi connectivity index (χ3n) is 6.11. The van der Waals surface area contributed by atoms with Crippen LogP contribution < -0.4 is 0 Å². The number of aryl methyl sites for hydroxylation is 1. The summed E-state index contributed by atoms with van der Waals surface area (Å²) in [4.78, 5) is 0. The van der Waals surface area contributed by atoms with Gasteiger partial charge in [0.1, 0.15) is 0 Å². The molecule has 0 unspecified atom stereocenters. The Kier molecular flexibility index (Phi) is 7.26. The molecule has 3 rings (SSSR count). The van der Waals surface area contributed by atoms with Crippen molar-refractivity contribution >= 4 is 0 Å². The molecule has 0 saturated heterocycles. The van der Waals surface area contributed by atoms with Gasteiger partial charge in [0.05, 0.1) is 5.56 Å². The highest BCUT2D eigenvalue weighted by Crippen LogP contribution is 2.34. The van der Waals surface area contributed by atoms with Crippen molar-refractivity contribution in [3.63, 3.8) is 0 Å². The van der Waals surface area contributed by atoms with Crippen LogP contribution in [0, 0.1) is 35.3 Å². The fraction of sp³-hybridized carbons (Fsp3) is 0.462. The van der Waals surface area contributed by atoms with Crippen LogP contribution in [-0.2, 0) is 6.42 Å². The summed E-state index contributed by atoms with van der Waals surface area (Å²) in [5.41, 5.74) is 2.37. The lowest BCUT2D eigenvalue weighted by Gasteiger charge is -2.28. The first kappa shape index (κ1) is 20.6. The molecule has 0 aromatic heterocycles. The first-order valence-electron chi connectivity index (χ1n) is 10.6. The van der Waals surface area contributed by atoms with E-state index in [-0.39, 0.29) is 5.56 Å². The Morgan fingerprint density at radius 3 is 2.11 bits per heavy atom. The number of rotatable bonds is 6. The summed E-state index contributed by atoms with van der Waals surface area (Å²) < 4.78 is 28.5. The molecule has 0 aliphatic heterocycles. The topological polar surface area (TPSA) is 0 Å². The van der Waals surface area contributed by atoms with Crippen LogP contribution in [0.3, 0.4) is 0 Å². The number of halogens is 2. The Morgan fingerprint density at radius 1 is 0.857 bits per heavy atom. The molecule has 148 valence electrons. The van der Waals surface area contributed by atoms with Gasteiger partial charge in [-0.15, -0.1) is 5.92 Å². The van der Waals surface area contributed by atoms with E-state index in [4.69, 9.17) is 0 Å². The average molecular weight is 381 g/mol. The lowest BCUT2D eigenvalue weighted by atomic mass is 9.78. The molecule has 0 nitrogen and oxygen atoms in total. The van der Waals surface area contributed by atoms with E-state index in [1.807, 2.05) is 12.1 Å². The Balaban J connectivity index is 1.60. The summed E-state index contributed by atoms with van der Waals surface area (Å²) in [6, 6.07) is 11.1. The van der Waals surface area contributed by atoms with E-state index in [0.29, 0.717) is 11.1 Å². The second-order valence-corrected chi connectivity index (χ2v) is 8.07. The molecule has 0 spiro atoms. The molecule has 0 heterocycles. The van der Waals surface area contributed by atoms with E-state index in [1.54, 1.807) is 19.1 Å². The molecule has 1 aliphatic rings. The minimum Gasteiger partial charge on any atom is -0.203 e. The van der Waals surface area contributed by atoms with Gasteiger partial charge in [0, 0.05) is 5.56 Å². The van der Waals surface area contributed by atoms with Crippen LogP contribution in [0.25, 0.3) is 11.1 Å². The van der Waals surface area contributed by atoms with Crippen molar-refractivity contribution in [2.75, 3.05) is 0 Å². The molecule has 0 atom stereocenters. The fourth-order valence-electron chi connectivity index (χ4n) is 4.44. The molecule has 2 aromatic rings. The number of hydrogen-bond acceptors (Lipinski definition) is 0. The highest BCUT2D eigenvalue weighted by atomic mass is 19.2. The normalized spacial score (nSPS) is 19.1. The van der Waals surface area contributed by atoms with E-state index in [0.717, 1.165) is 18.3 Å². The third kappa shape index (κ3) is 5.02. The molecule has 0 amide bonds. The van der Waals surface area contributed by atoms with Crippen LogP contribution in [0.2, 0.25) is 0 Å². The molecular weight excluding hydrogens is 350 g/mol. The highest BCUT2D eigenvalue weighted by Gasteiger charge is 2.20. The Hall–Kier alpha value is -2.14. The predicted octanol–water partition coefficient (Wildman–Crippen LogP) is 7.54. The maximum atomic E-state index is 14.4. The fourth-order valence-corrected chi connectivity index (χ4v) is 4.44. The first-order valence-corrected chi connectivity index (χ1v) is 10.6. The van der Waals surface area contributed by atoms with Crippen LogP contribution in [-0.4, -0.2) is 0 Å². The zero-order valence-corrected chi connectivity index (χ0v) is 17.0. The summed E-state index contributed by atoms with van der Waals surface area (Å²) >= 11 is 0. The summed E-state index contributed by atoms with van der Waals surface area (Å²) in [6.45, 7) is 3.89. The molecule has 2 heteroatoms. The number of hydrogen-bond donors (Lipinski definition) is 0. The van der Waals surface area contributed by atoms with Crippen molar-refractivity contribution in [1.29, 1.82) is 0 Å². The first-order chi connectivity index (χ1) is 13.6. The SMILES string of the molecule is CC#Cc1ccc(-c2ccc(CCC3CCC(CCC)CC3)cc2)c(F)c1F. The van der Waals surface area contributed by atoms with Gasteiger partial charge in [0.15, 0.2) is 11.6 Å². The predicted molar refractivity (Wildman–Crippen MR) is 113 cm³/mol. The maximum absolute atomic E-state index is 14.4. The van der Waals surface area contributed by atoms with Crippen LogP contribution in [0.15, 0.2) is 36.4 Å². The zero-order valence-electron chi connectivity index (χ0n) is 17.0. The van der Waals surface area contributed by atoms with Crippen molar-refractivity contribution in [2.24, 2.45) is 11.8 Å². The summed E-state index contributed by atoms with van der Waals surface area (Å²) in [5.74, 6) is 5.31. The molecule has 2 aromatic carbocycles. The highest BCUT2D eigenvalue weighted by molar-refractivity contribution is 5.65. The summed E-state index contributed by atoms with van der Waals surface area (Å²) in [7, 11) is 0. The number of benzene rings is 2. The molecule has 1 fully saturated rings. The lowest BCUT2D eigenvalue weighted by molar-refractivity contribution is 0.252.